The van der Waals surface area contributed by atoms with Crippen molar-refractivity contribution in [3.8, 4) is 0 Å². The Morgan fingerprint density at radius 2 is 1.09 bits per heavy atom. The van der Waals surface area contributed by atoms with Gasteiger partial charge >= 0.3 is 9.53 Å². The summed E-state index contributed by atoms with van der Waals surface area (Å²) >= 11 is 0. The van der Waals surface area contributed by atoms with Gasteiger partial charge in [0.15, 0.2) is 0 Å². The largest absolute Gasteiger partial charge is 0.484 e. The molecule has 0 aromatic carbocycles. The minimum absolute atomic E-state index is 0. The van der Waals surface area contributed by atoms with Gasteiger partial charge in [0.25, 0.3) is 0 Å². The Labute approximate surface area is 77.4 Å². The first-order valence-corrected chi connectivity index (χ1v) is 5.11. The van der Waals surface area contributed by atoms with Crippen LogP contribution in [0.3, 0.4) is 0 Å². The molecule has 70 valence electrons. The van der Waals surface area contributed by atoms with Crippen LogP contribution in [0.5, 0.6) is 0 Å². The van der Waals surface area contributed by atoms with Crippen molar-refractivity contribution in [3.05, 3.63) is 0 Å². The van der Waals surface area contributed by atoms with Gasteiger partial charge < -0.3 is 13.3 Å². The molecule has 0 heterocycles. The zero-order valence-corrected chi connectivity index (χ0v) is 9.58. The molecule has 0 aliphatic heterocycles. The van der Waals surface area contributed by atoms with Crippen molar-refractivity contribution in [2.24, 2.45) is 0 Å². The fraction of sp³-hybridized carbons (Fsp3) is 1.00. The van der Waals surface area contributed by atoms with Crippen LogP contribution in [0.2, 0.25) is 0 Å². The molecule has 0 saturated carbocycles. The first kappa shape index (κ1) is 14.0. The van der Waals surface area contributed by atoms with E-state index in [1.165, 1.54) is 0 Å². The Balaban J connectivity index is 0. The molecule has 0 aromatic rings. The van der Waals surface area contributed by atoms with E-state index in [2.05, 4.69) is 0 Å². The van der Waals surface area contributed by atoms with Crippen molar-refractivity contribution in [1.29, 1.82) is 0 Å². The highest BCUT2D eigenvalue weighted by atomic mass is 32.1. The molecule has 3 nitrogen and oxygen atoms in total. The minimum atomic E-state index is -1.73. The second kappa shape index (κ2) is 10.4. The summed E-state index contributed by atoms with van der Waals surface area (Å²) in [5.41, 5.74) is 0. The van der Waals surface area contributed by atoms with Crippen molar-refractivity contribution in [3.63, 3.8) is 0 Å². The Morgan fingerprint density at radius 3 is 1.27 bits per heavy atom. The smallest absolute Gasteiger partial charge is 0.376 e. The van der Waals surface area contributed by atoms with Gasteiger partial charge in [-0.25, -0.2) is 0 Å². The summed E-state index contributed by atoms with van der Waals surface area (Å²) in [6, 6.07) is 0. The van der Waals surface area contributed by atoms with Crippen molar-refractivity contribution in [2.45, 2.75) is 20.8 Å². The van der Waals surface area contributed by atoms with Crippen LogP contribution in [-0.4, -0.2) is 29.3 Å². The molecule has 5 heteroatoms. The van der Waals surface area contributed by atoms with Crippen LogP contribution in [-0.2, 0) is 13.3 Å². The molecular formula is C6H18O3SSi. The summed E-state index contributed by atoms with van der Waals surface area (Å²) in [7, 11) is -1.73. The fourth-order valence-electron chi connectivity index (χ4n) is 0.553. The molecular weight excluding hydrogens is 180 g/mol. The second-order valence-corrected chi connectivity index (χ2v) is 3.23. The number of rotatable bonds is 6. The lowest BCUT2D eigenvalue weighted by atomic mass is 10.9. The van der Waals surface area contributed by atoms with Crippen LogP contribution in [0.4, 0.5) is 0 Å². The highest BCUT2D eigenvalue weighted by molar-refractivity contribution is 7.59. The van der Waals surface area contributed by atoms with Crippen LogP contribution < -0.4 is 0 Å². The first-order chi connectivity index (χ1) is 4.85. The summed E-state index contributed by atoms with van der Waals surface area (Å²) in [5, 5.41) is 0. The molecule has 0 radical (unpaired) electrons. The average molecular weight is 198 g/mol. The van der Waals surface area contributed by atoms with Gasteiger partial charge in [0.05, 0.1) is 0 Å². The van der Waals surface area contributed by atoms with E-state index in [4.69, 9.17) is 13.3 Å². The Morgan fingerprint density at radius 1 is 0.818 bits per heavy atom. The molecule has 0 aromatic heterocycles. The van der Waals surface area contributed by atoms with E-state index < -0.39 is 9.53 Å². The Hall–Kier alpha value is 0.447. The predicted molar refractivity (Wildman–Crippen MR) is 52.4 cm³/mol. The average Bonchev–Trinajstić information content (AvgIpc) is 1.90. The lowest BCUT2D eigenvalue weighted by molar-refractivity contribution is 0.107. The first-order valence-electron chi connectivity index (χ1n) is 3.69. The van der Waals surface area contributed by atoms with E-state index in [1.54, 1.807) is 0 Å². The molecule has 0 bridgehead atoms. The maximum atomic E-state index is 5.22. The van der Waals surface area contributed by atoms with Gasteiger partial charge in [-0.3, -0.25) is 0 Å². The molecule has 0 amide bonds. The molecule has 0 rings (SSSR count). The van der Waals surface area contributed by atoms with Gasteiger partial charge in [0, 0.05) is 19.8 Å². The van der Waals surface area contributed by atoms with E-state index in [1.807, 2.05) is 20.8 Å². The third-order valence-corrected chi connectivity index (χ3v) is 2.72. The van der Waals surface area contributed by atoms with Crippen molar-refractivity contribution in [2.75, 3.05) is 19.8 Å². The minimum Gasteiger partial charge on any atom is -0.376 e. The number of hydrogen-bond donors (Lipinski definition) is 0. The predicted octanol–water partition coefficient (Wildman–Crippen LogP) is 0.926. The molecule has 0 aliphatic rings. The van der Waals surface area contributed by atoms with E-state index in [9.17, 15) is 0 Å². The lowest BCUT2D eigenvalue weighted by Gasteiger charge is -2.12. The van der Waals surface area contributed by atoms with Crippen molar-refractivity contribution >= 4 is 23.0 Å². The molecule has 11 heavy (non-hydrogen) atoms. The molecule has 0 saturated heterocycles. The highest BCUT2D eigenvalue weighted by Gasteiger charge is 2.11. The highest BCUT2D eigenvalue weighted by Crippen LogP contribution is 1.90. The van der Waals surface area contributed by atoms with E-state index in [-0.39, 0.29) is 13.5 Å². The molecule has 0 unspecified atom stereocenters. The van der Waals surface area contributed by atoms with E-state index in [0.717, 1.165) is 0 Å². The summed E-state index contributed by atoms with van der Waals surface area (Å²) in [5.74, 6) is 0. The normalized spacial score (nSPS) is 9.82. The summed E-state index contributed by atoms with van der Waals surface area (Å²) < 4.78 is 15.7. The van der Waals surface area contributed by atoms with Crippen LogP contribution in [0.25, 0.3) is 0 Å². The molecule has 0 aliphatic carbocycles. The molecule has 0 spiro atoms. The van der Waals surface area contributed by atoms with Crippen LogP contribution in [0.15, 0.2) is 0 Å². The molecule has 0 fully saturated rings. The number of hydrogen-bond acceptors (Lipinski definition) is 3. The third kappa shape index (κ3) is 8.35. The summed E-state index contributed by atoms with van der Waals surface area (Å²) in [4.78, 5) is 0. The van der Waals surface area contributed by atoms with Crippen molar-refractivity contribution in [1.82, 2.24) is 0 Å². The topological polar surface area (TPSA) is 27.7 Å². The standard InChI is InChI=1S/C6H16O3Si.H2S/c1-4-7-10(8-5-2)9-6-3;/h10H,4-6H2,1-3H3;1H2. The maximum absolute atomic E-state index is 5.22. The van der Waals surface area contributed by atoms with Gasteiger partial charge in [-0.05, 0) is 20.8 Å². The second-order valence-electron chi connectivity index (χ2n) is 1.65. The quantitative estimate of drug-likeness (QED) is 0.594. The SMILES string of the molecule is CCO[SiH](OCC)OCC.S. The molecule has 0 N–H and O–H groups in total. The van der Waals surface area contributed by atoms with Gasteiger partial charge in [-0.1, -0.05) is 0 Å². The fourth-order valence-corrected chi connectivity index (χ4v) is 1.66. The van der Waals surface area contributed by atoms with Crippen molar-refractivity contribution < 1.29 is 13.3 Å². The van der Waals surface area contributed by atoms with Gasteiger partial charge in [0.1, 0.15) is 0 Å². The maximum Gasteiger partial charge on any atom is 0.484 e. The van der Waals surface area contributed by atoms with E-state index >= 15 is 0 Å². The monoisotopic (exact) mass is 198 g/mol. The van der Waals surface area contributed by atoms with Crippen LogP contribution >= 0.6 is 13.5 Å². The van der Waals surface area contributed by atoms with Gasteiger partial charge in [-0.2, -0.15) is 13.5 Å². The summed E-state index contributed by atoms with van der Waals surface area (Å²) in [6.45, 7) is 7.86. The molecule has 0 atom stereocenters. The van der Waals surface area contributed by atoms with Crippen LogP contribution in [0, 0.1) is 0 Å². The van der Waals surface area contributed by atoms with Gasteiger partial charge in [-0.15, -0.1) is 0 Å². The third-order valence-electron chi connectivity index (χ3n) is 0.908. The van der Waals surface area contributed by atoms with Gasteiger partial charge in [0.2, 0.25) is 0 Å². The zero-order valence-electron chi connectivity index (χ0n) is 7.42. The van der Waals surface area contributed by atoms with Crippen LogP contribution in [0.1, 0.15) is 20.8 Å². The summed E-state index contributed by atoms with van der Waals surface area (Å²) in [6.07, 6.45) is 0. The zero-order chi connectivity index (χ0) is 7.82. The van der Waals surface area contributed by atoms with E-state index in [0.29, 0.717) is 19.8 Å². The Kier molecular flexibility index (Phi) is 13.3. The lowest BCUT2D eigenvalue weighted by Crippen LogP contribution is -2.27. The Bertz CT molecular complexity index is 60.6.